The highest BCUT2D eigenvalue weighted by molar-refractivity contribution is 6.14. The lowest BCUT2D eigenvalue weighted by atomic mass is 9.96. The predicted octanol–water partition coefficient (Wildman–Crippen LogP) is 16.7. The van der Waals surface area contributed by atoms with Crippen molar-refractivity contribution in [2.45, 2.75) is 0 Å². The van der Waals surface area contributed by atoms with Crippen molar-refractivity contribution < 1.29 is 4.42 Å². The molecule has 12 rings (SSSR count). The van der Waals surface area contributed by atoms with Gasteiger partial charge in [-0.05, 0) is 120 Å². The first-order chi connectivity index (χ1) is 29.7. The van der Waals surface area contributed by atoms with E-state index in [1.54, 1.807) is 0 Å². The van der Waals surface area contributed by atoms with Crippen molar-refractivity contribution in [3.05, 3.63) is 224 Å². The second-order valence-electron chi connectivity index (χ2n) is 15.7. The van der Waals surface area contributed by atoms with Gasteiger partial charge in [0.2, 0.25) is 0 Å². The minimum absolute atomic E-state index is 0.888. The lowest BCUT2D eigenvalue weighted by Crippen LogP contribution is -2.11. The van der Waals surface area contributed by atoms with Crippen LogP contribution in [0.4, 0.5) is 17.1 Å². The van der Waals surface area contributed by atoms with E-state index in [1.165, 1.54) is 59.8 Å². The second-order valence-corrected chi connectivity index (χ2v) is 15.7. The smallest absolute Gasteiger partial charge is 0.143 e. The Balaban J connectivity index is 1.02. The first-order valence-electron chi connectivity index (χ1n) is 20.6. The minimum Gasteiger partial charge on any atom is -0.455 e. The largest absolute Gasteiger partial charge is 0.455 e. The van der Waals surface area contributed by atoms with Gasteiger partial charge in [0.05, 0.1) is 5.69 Å². The average molecular weight is 764 g/mol. The summed E-state index contributed by atoms with van der Waals surface area (Å²) in [4.78, 5) is 2.39. The molecule has 0 atom stereocenters. The Morgan fingerprint density at radius 2 is 0.850 bits per heavy atom. The fourth-order valence-electron chi connectivity index (χ4n) is 9.21. The molecule has 60 heavy (non-hydrogen) atoms. The van der Waals surface area contributed by atoms with Gasteiger partial charge in [0.1, 0.15) is 11.2 Å². The SMILES string of the molecule is c1cc(-c2ccc3ccccc3c2)cc(N(c2ccc(-c3ccc4c(ccc5ccccc54)c3)cc2)c2ccccc2-c2cccc3c2oc2cc4ccccc4cc23)c1. The zero-order chi connectivity index (χ0) is 39.6. The highest BCUT2D eigenvalue weighted by Crippen LogP contribution is 2.46. The zero-order valence-corrected chi connectivity index (χ0v) is 32.7. The molecule has 0 amide bonds. The quantitative estimate of drug-likeness (QED) is 0.157. The maximum atomic E-state index is 6.80. The van der Waals surface area contributed by atoms with Crippen molar-refractivity contribution >= 4 is 82.1 Å². The molecule has 0 bridgehead atoms. The normalized spacial score (nSPS) is 11.7. The van der Waals surface area contributed by atoms with Gasteiger partial charge in [-0.15, -0.1) is 0 Å². The predicted molar refractivity (Wildman–Crippen MR) is 255 cm³/mol. The Labute approximate surface area is 347 Å². The molecule has 0 unspecified atom stereocenters. The van der Waals surface area contributed by atoms with E-state index in [2.05, 4.69) is 229 Å². The third-order valence-electron chi connectivity index (χ3n) is 12.2. The van der Waals surface area contributed by atoms with Crippen LogP contribution in [-0.2, 0) is 0 Å². The second kappa shape index (κ2) is 13.9. The molecule has 11 aromatic carbocycles. The van der Waals surface area contributed by atoms with E-state index in [0.29, 0.717) is 0 Å². The number of anilines is 3. The molecule has 12 aromatic rings. The maximum absolute atomic E-state index is 6.80. The molecule has 0 N–H and O–H groups in total. The van der Waals surface area contributed by atoms with E-state index in [1.807, 2.05) is 0 Å². The van der Waals surface area contributed by atoms with Gasteiger partial charge in [-0.2, -0.15) is 0 Å². The van der Waals surface area contributed by atoms with Crippen molar-refractivity contribution in [3.8, 4) is 33.4 Å². The van der Waals surface area contributed by atoms with E-state index < -0.39 is 0 Å². The van der Waals surface area contributed by atoms with Crippen LogP contribution in [0, 0.1) is 0 Å². The molecule has 1 heterocycles. The topological polar surface area (TPSA) is 16.4 Å². The highest BCUT2D eigenvalue weighted by Gasteiger charge is 2.21. The van der Waals surface area contributed by atoms with Crippen molar-refractivity contribution in [1.29, 1.82) is 0 Å². The Kier molecular flexibility index (Phi) is 7.89. The van der Waals surface area contributed by atoms with Crippen LogP contribution < -0.4 is 4.90 Å². The van der Waals surface area contributed by atoms with Crippen molar-refractivity contribution in [3.63, 3.8) is 0 Å². The Morgan fingerprint density at radius 1 is 0.283 bits per heavy atom. The zero-order valence-electron chi connectivity index (χ0n) is 32.7. The fourth-order valence-corrected chi connectivity index (χ4v) is 9.21. The van der Waals surface area contributed by atoms with Gasteiger partial charge < -0.3 is 9.32 Å². The van der Waals surface area contributed by atoms with E-state index in [9.17, 15) is 0 Å². The molecule has 280 valence electrons. The molecule has 2 heteroatoms. The molecule has 0 aliphatic heterocycles. The third-order valence-corrected chi connectivity index (χ3v) is 12.2. The maximum Gasteiger partial charge on any atom is 0.143 e. The summed E-state index contributed by atoms with van der Waals surface area (Å²) in [5, 5.41) is 12.1. The third kappa shape index (κ3) is 5.73. The van der Waals surface area contributed by atoms with Gasteiger partial charge in [0.15, 0.2) is 0 Å². The number of hydrogen-bond donors (Lipinski definition) is 0. The average Bonchev–Trinajstić information content (AvgIpc) is 3.68. The van der Waals surface area contributed by atoms with Gasteiger partial charge in [0, 0.05) is 33.3 Å². The van der Waals surface area contributed by atoms with E-state index >= 15 is 0 Å². The van der Waals surface area contributed by atoms with Gasteiger partial charge in [-0.25, -0.2) is 0 Å². The van der Waals surface area contributed by atoms with Gasteiger partial charge in [0.25, 0.3) is 0 Å². The number of rotatable bonds is 6. The number of para-hydroxylation sites is 2. The minimum atomic E-state index is 0.888. The molecule has 0 spiro atoms. The lowest BCUT2D eigenvalue weighted by molar-refractivity contribution is 0.670. The summed E-state index contributed by atoms with van der Waals surface area (Å²) in [5.41, 5.74) is 11.8. The molecule has 1 aromatic heterocycles. The number of hydrogen-bond acceptors (Lipinski definition) is 2. The first-order valence-corrected chi connectivity index (χ1v) is 20.6. The van der Waals surface area contributed by atoms with Gasteiger partial charge >= 0.3 is 0 Å². The van der Waals surface area contributed by atoms with Crippen LogP contribution in [0.1, 0.15) is 0 Å². The number of fused-ring (bicyclic) bond motifs is 8. The Bertz CT molecular complexity index is 3610. The van der Waals surface area contributed by atoms with Gasteiger partial charge in [-0.1, -0.05) is 170 Å². The van der Waals surface area contributed by atoms with Crippen molar-refractivity contribution in [2.24, 2.45) is 0 Å². The lowest BCUT2D eigenvalue weighted by Gasteiger charge is -2.28. The molecule has 0 saturated carbocycles. The molecule has 0 radical (unpaired) electrons. The van der Waals surface area contributed by atoms with Crippen molar-refractivity contribution in [1.82, 2.24) is 0 Å². The molecular weight excluding hydrogens is 727 g/mol. The summed E-state index contributed by atoms with van der Waals surface area (Å²) < 4.78 is 6.80. The first kappa shape index (κ1) is 34.1. The van der Waals surface area contributed by atoms with Crippen LogP contribution in [0.5, 0.6) is 0 Å². The molecule has 2 nitrogen and oxygen atoms in total. The highest BCUT2D eigenvalue weighted by atomic mass is 16.3. The summed E-state index contributed by atoms with van der Waals surface area (Å²) in [6.45, 7) is 0. The molecular formula is C58H37NO. The molecule has 0 fully saturated rings. The summed E-state index contributed by atoms with van der Waals surface area (Å²) in [7, 11) is 0. The van der Waals surface area contributed by atoms with Crippen LogP contribution in [0.3, 0.4) is 0 Å². The van der Waals surface area contributed by atoms with E-state index in [0.717, 1.165) is 55.7 Å². The van der Waals surface area contributed by atoms with Crippen LogP contribution in [0.2, 0.25) is 0 Å². The van der Waals surface area contributed by atoms with Crippen LogP contribution in [0.15, 0.2) is 229 Å². The van der Waals surface area contributed by atoms with Crippen LogP contribution >= 0.6 is 0 Å². The van der Waals surface area contributed by atoms with Crippen LogP contribution in [-0.4, -0.2) is 0 Å². The monoisotopic (exact) mass is 763 g/mol. The van der Waals surface area contributed by atoms with E-state index in [4.69, 9.17) is 4.42 Å². The Morgan fingerprint density at radius 3 is 1.72 bits per heavy atom. The number of nitrogens with zero attached hydrogens (tertiary/aromatic N) is 1. The van der Waals surface area contributed by atoms with Crippen LogP contribution in [0.25, 0.3) is 98.4 Å². The summed E-state index contributed by atoms with van der Waals surface area (Å²) in [6.07, 6.45) is 0. The molecule has 0 aliphatic carbocycles. The summed E-state index contributed by atoms with van der Waals surface area (Å²) >= 11 is 0. The van der Waals surface area contributed by atoms with E-state index in [-0.39, 0.29) is 0 Å². The standard InChI is InChI=1S/C58H37NO/c1-2-13-41-33-46(25-23-38(41)11-1)42-16-9-17-49(35-42)59(48-30-27-39(28-31-48)45-29-32-51-47(34-45)26-24-40-12-5-6-18-50(40)51)56-22-8-7-19-52(56)53-20-10-21-54-55-36-43-14-3-4-15-44(43)37-57(55)60-58(53)54/h1-37H. The number of benzene rings is 11. The molecule has 0 aliphatic rings. The Hall–Kier alpha value is -7.94. The van der Waals surface area contributed by atoms with Crippen molar-refractivity contribution in [2.75, 3.05) is 4.90 Å². The summed E-state index contributed by atoms with van der Waals surface area (Å²) in [5.74, 6) is 0. The number of furan rings is 1. The van der Waals surface area contributed by atoms with Gasteiger partial charge in [-0.3, -0.25) is 0 Å². The fraction of sp³-hybridized carbons (Fsp3) is 0. The molecule has 0 saturated heterocycles. The summed E-state index contributed by atoms with van der Waals surface area (Å²) in [6, 6.07) is 81.3.